The first-order chi connectivity index (χ1) is 8.82. The standard InChI is InChI=1S/C16H24O3/c1-15(2,3)13-10-11-18-14(19-13)16(4,17)12-8-6-5-7-9-12/h5-9,13-14,17H,10-11H2,1-4H3/t13-,14-,16+/m1/s1. The molecule has 1 aromatic rings. The summed E-state index contributed by atoms with van der Waals surface area (Å²) in [7, 11) is 0. The minimum absolute atomic E-state index is 0.0504. The minimum atomic E-state index is -1.13. The van der Waals surface area contributed by atoms with Crippen molar-refractivity contribution in [2.75, 3.05) is 6.61 Å². The summed E-state index contributed by atoms with van der Waals surface area (Å²) >= 11 is 0. The maximum atomic E-state index is 10.7. The molecule has 3 nitrogen and oxygen atoms in total. The van der Waals surface area contributed by atoms with Crippen LogP contribution in [-0.2, 0) is 15.1 Å². The fraction of sp³-hybridized carbons (Fsp3) is 0.625. The van der Waals surface area contributed by atoms with Gasteiger partial charge in [-0.05, 0) is 24.3 Å². The average Bonchev–Trinajstić information content (AvgIpc) is 2.39. The summed E-state index contributed by atoms with van der Waals surface area (Å²) < 4.78 is 11.6. The lowest BCUT2D eigenvalue weighted by atomic mass is 9.86. The molecule has 1 N–H and O–H groups in total. The Morgan fingerprint density at radius 2 is 1.74 bits per heavy atom. The van der Waals surface area contributed by atoms with Crippen LogP contribution in [0, 0.1) is 5.41 Å². The second-order valence-corrected chi connectivity index (χ2v) is 6.50. The highest BCUT2D eigenvalue weighted by molar-refractivity contribution is 5.22. The molecule has 0 aromatic heterocycles. The molecule has 3 heteroatoms. The zero-order chi connectivity index (χ0) is 14.1. The number of rotatable bonds is 2. The first-order valence-corrected chi connectivity index (χ1v) is 6.87. The molecule has 0 unspecified atom stereocenters. The van der Waals surface area contributed by atoms with E-state index in [2.05, 4.69) is 20.8 Å². The largest absolute Gasteiger partial charge is 0.380 e. The maximum absolute atomic E-state index is 10.7. The molecular weight excluding hydrogens is 240 g/mol. The highest BCUT2D eigenvalue weighted by Gasteiger charge is 2.42. The van der Waals surface area contributed by atoms with E-state index in [4.69, 9.17) is 9.47 Å². The Hall–Kier alpha value is -0.900. The lowest BCUT2D eigenvalue weighted by Gasteiger charge is -2.43. The van der Waals surface area contributed by atoms with Crippen LogP contribution < -0.4 is 0 Å². The summed E-state index contributed by atoms with van der Waals surface area (Å²) in [5.41, 5.74) is -0.269. The van der Waals surface area contributed by atoms with Crippen molar-refractivity contribution >= 4 is 0 Å². The Labute approximate surface area is 115 Å². The van der Waals surface area contributed by atoms with Crippen molar-refractivity contribution in [3.05, 3.63) is 35.9 Å². The van der Waals surface area contributed by atoms with Gasteiger partial charge in [0.2, 0.25) is 0 Å². The SMILES string of the molecule is CC(C)(C)[C@H]1CCO[C@@H]([C@@](C)(O)c2ccccc2)O1. The Balaban J connectivity index is 2.17. The van der Waals surface area contributed by atoms with Crippen molar-refractivity contribution < 1.29 is 14.6 Å². The molecule has 3 atom stereocenters. The molecule has 2 rings (SSSR count). The molecule has 0 radical (unpaired) electrons. The van der Waals surface area contributed by atoms with Crippen molar-refractivity contribution in [1.82, 2.24) is 0 Å². The minimum Gasteiger partial charge on any atom is -0.380 e. The van der Waals surface area contributed by atoms with Crippen molar-refractivity contribution in [3.8, 4) is 0 Å². The molecule has 1 fully saturated rings. The number of hydrogen-bond acceptors (Lipinski definition) is 3. The Morgan fingerprint density at radius 1 is 1.11 bits per heavy atom. The zero-order valence-corrected chi connectivity index (χ0v) is 12.2. The summed E-state index contributed by atoms with van der Waals surface area (Å²) in [5.74, 6) is 0. The van der Waals surface area contributed by atoms with Gasteiger partial charge in [-0.15, -0.1) is 0 Å². The maximum Gasteiger partial charge on any atom is 0.190 e. The molecule has 1 saturated heterocycles. The third kappa shape index (κ3) is 3.16. The first-order valence-electron chi connectivity index (χ1n) is 6.87. The fourth-order valence-electron chi connectivity index (χ4n) is 2.38. The second kappa shape index (κ2) is 5.23. The predicted molar refractivity (Wildman–Crippen MR) is 74.7 cm³/mol. The van der Waals surface area contributed by atoms with E-state index in [1.165, 1.54) is 0 Å². The van der Waals surface area contributed by atoms with Gasteiger partial charge in [0.1, 0.15) is 5.60 Å². The van der Waals surface area contributed by atoms with E-state index in [-0.39, 0.29) is 11.5 Å². The topological polar surface area (TPSA) is 38.7 Å². The van der Waals surface area contributed by atoms with Gasteiger partial charge >= 0.3 is 0 Å². The summed E-state index contributed by atoms with van der Waals surface area (Å²) in [4.78, 5) is 0. The van der Waals surface area contributed by atoms with Gasteiger partial charge in [0.05, 0.1) is 12.7 Å². The molecule has 1 heterocycles. The molecule has 0 spiro atoms. The van der Waals surface area contributed by atoms with E-state index in [0.29, 0.717) is 6.61 Å². The zero-order valence-electron chi connectivity index (χ0n) is 12.2. The van der Waals surface area contributed by atoms with Crippen LogP contribution in [0.5, 0.6) is 0 Å². The third-order valence-electron chi connectivity index (χ3n) is 3.72. The molecule has 1 aliphatic rings. The van der Waals surface area contributed by atoms with Crippen LogP contribution >= 0.6 is 0 Å². The van der Waals surface area contributed by atoms with E-state index in [1.807, 2.05) is 30.3 Å². The summed E-state index contributed by atoms with van der Waals surface area (Å²) in [6.45, 7) is 8.82. The summed E-state index contributed by atoms with van der Waals surface area (Å²) in [6.07, 6.45) is 0.347. The van der Waals surface area contributed by atoms with Crippen molar-refractivity contribution in [1.29, 1.82) is 0 Å². The van der Waals surface area contributed by atoms with Gasteiger partial charge in [-0.3, -0.25) is 0 Å². The fourth-order valence-corrected chi connectivity index (χ4v) is 2.38. The van der Waals surface area contributed by atoms with Crippen LogP contribution in [0.2, 0.25) is 0 Å². The smallest absolute Gasteiger partial charge is 0.190 e. The van der Waals surface area contributed by atoms with Gasteiger partial charge in [-0.1, -0.05) is 51.1 Å². The first kappa shape index (κ1) is 14.5. The van der Waals surface area contributed by atoms with Crippen LogP contribution in [-0.4, -0.2) is 24.1 Å². The average molecular weight is 264 g/mol. The summed E-state index contributed by atoms with van der Waals surface area (Å²) in [5, 5.41) is 10.7. The van der Waals surface area contributed by atoms with Crippen molar-refractivity contribution in [2.45, 2.75) is 52.1 Å². The normalized spacial score (nSPS) is 27.8. The van der Waals surface area contributed by atoms with Gasteiger partial charge in [0.15, 0.2) is 6.29 Å². The van der Waals surface area contributed by atoms with Crippen LogP contribution in [0.25, 0.3) is 0 Å². The van der Waals surface area contributed by atoms with Crippen LogP contribution in [0.1, 0.15) is 39.7 Å². The molecule has 0 amide bonds. The highest BCUT2D eigenvalue weighted by atomic mass is 16.7. The summed E-state index contributed by atoms with van der Waals surface area (Å²) in [6, 6.07) is 9.54. The monoisotopic (exact) mass is 264 g/mol. The second-order valence-electron chi connectivity index (χ2n) is 6.50. The lowest BCUT2D eigenvalue weighted by Crippen LogP contribution is -2.49. The van der Waals surface area contributed by atoms with Gasteiger partial charge < -0.3 is 14.6 Å². The van der Waals surface area contributed by atoms with Gasteiger partial charge in [-0.25, -0.2) is 0 Å². The molecule has 1 aliphatic heterocycles. The van der Waals surface area contributed by atoms with E-state index in [1.54, 1.807) is 6.92 Å². The van der Waals surface area contributed by atoms with Gasteiger partial charge in [0.25, 0.3) is 0 Å². The van der Waals surface area contributed by atoms with E-state index in [0.717, 1.165) is 12.0 Å². The number of aliphatic hydroxyl groups is 1. The van der Waals surface area contributed by atoms with E-state index < -0.39 is 11.9 Å². The quantitative estimate of drug-likeness (QED) is 0.892. The molecular formula is C16H24O3. The lowest BCUT2D eigenvalue weighted by molar-refractivity contribution is -0.297. The van der Waals surface area contributed by atoms with Crippen molar-refractivity contribution in [2.24, 2.45) is 5.41 Å². The highest BCUT2D eigenvalue weighted by Crippen LogP contribution is 2.35. The number of hydrogen-bond donors (Lipinski definition) is 1. The predicted octanol–water partition coefficient (Wildman–Crippen LogP) is 3.07. The molecule has 106 valence electrons. The van der Waals surface area contributed by atoms with E-state index in [9.17, 15) is 5.11 Å². The molecule has 0 bridgehead atoms. The Morgan fingerprint density at radius 3 is 2.32 bits per heavy atom. The van der Waals surface area contributed by atoms with Gasteiger partial charge in [0, 0.05) is 0 Å². The molecule has 0 saturated carbocycles. The Kier molecular flexibility index (Phi) is 4.00. The number of benzene rings is 1. The van der Waals surface area contributed by atoms with Gasteiger partial charge in [-0.2, -0.15) is 0 Å². The van der Waals surface area contributed by atoms with Crippen LogP contribution in [0.3, 0.4) is 0 Å². The number of ether oxygens (including phenoxy) is 2. The van der Waals surface area contributed by atoms with Crippen LogP contribution in [0.4, 0.5) is 0 Å². The third-order valence-corrected chi connectivity index (χ3v) is 3.72. The van der Waals surface area contributed by atoms with Crippen molar-refractivity contribution in [3.63, 3.8) is 0 Å². The molecule has 0 aliphatic carbocycles. The molecule has 19 heavy (non-hydrogen) atoms. The van der Waals surface area contributed by atoms with E-state index >= 15 is 0 Å². The van der Waals surface area contributed by atoms with Crippen LogP contribution in [0.15, 0.2) is 30.3 Å². The molecule has 1 aromatic carbocycles. The Bertz CT molecular complexity index is 406.